The van der Waals surface area contributed by atoms with Gasteiger partial charge in [-0.05, 0) is 12.8 Å². The molecule has 0 spiro atoms. The Morgan fingerprint density at radius 2 is 1.94 bits per heavy atom. The molecule has 7 heteroatoms. The van der Waals surface area contributed by atoms with Crippen molar-refractivity contribution in [2.45, 2.75) is 25.3 Å². The molecule has 2 amide bonds. The van der Waals surface area contributed by atoms with Gasteiger partial charge >= 0.3 is 18.0 Å². The Labute approximate surface area is 98.5 Å². The third-order valence-corrected chi connectivity index (χ3v) is 1.89. The van der Waals surface area contributed by atoms with Crippen molar-refractivity contribution in [3.05, 3.63) is 12.7 Å². The van der Waals surface area contributed by atoms with Crippen LogP contribution in [-0.4, -0.2) is 40.8 Å². The molecular formula is C10H16N2O5. The van der Waals surface area contributed by atoms with Gasteiger partial charge in [0.15, 0.2) is 0 Å². The number of amides is 2. The first kappa shape index (κ1) is 14.9. The van der Waals surface area contributed by atoms with Gasteiger partial charge in [-0.1, -0.05) is 6.08 Å². The molecule has 0 aliphatic heterocycles. The number of nitrogens with one attached hydrogen (secondary N) is 2. The molecule has 0 saturated heterocycles. The van der Waals surface area contributed by atoms with Crippen LogP contribution in [0.4, 0.5) is 4.79 Å². The SMILES string of the molecule is C=CCNC(=O)NC(CCCC(=O)O)C(=O)O. The molecule has 1 unspecified atom stereocenters. The Morgan fingerprint density at radius 1 is 1.29 bits per heavy atom. The van der Waals surface area contributed by atoms with Gasteiger partial charge in [0, 0.05) is 13.0 Å². The molecule has 0 aromatic carbocycles. The van der Waals surface area contributed by atoms with Crippen molar-refractivity contribution >= 4 is 18.0 Å². The lowest BCUT2D eigenvalue weighted by Crippen LogP contribution is -2.46. The maximum absolute atomic E-state index is 11.2. The minimum absolute atomic E-state index is 0.0726. The number of rotatable bonds is 8. The zero-order chi connectivity index (χ0) is 13.3. The molecular weight excluding hydrogens is 228 g/mol. The van der Waals surface area contributed by atoms with E-state index in [2.05, 4.69) is 17.2 Å². The first-order valence-electron chi connectivity index (χ1n) is 5.07. The van der Waals surface area contributed by atoms with E-state index in [1.165, 1.54) is 6.08 Å². The van der Waals surface area contributed by atoms with E-state index in [0.717, 1.165) is 0 Å². The van der Waals surface area contributed by atoms with Gasteiger partial charge in [-0.3, -0.25) is 4.79 Å². The van der Waals surface area contributed by atoms with E-state index in [1.54, 1.807) is 0 Å². The summed E-state index contributed by atoms with van der Waals surface area (Å²) in [5.74, 6) is -2.19. The van der Waals surface area contributed by atoms with E-state index in [0.29, 0.717) is 0 Å². The van der Waals surface area contributed by atoms with Crippen LogP contribution in [0.3, 0.4) is 0 Å². The van der Waals surface area contributed by atoms with Crippen LogP contribution in [0.2, 0.25) is 0 Å². The minimum Gasteiger partial charge on any atom is -0.481 e. The largest absolute Gasteiger partial charge is 0.481 e. The third-order valence-electron chi connectivity index (χ3n) is 1.89. The van der Waals surface area contributed by atoms with Crippen LogP contribution < -0.4 is 10.6 Å². The first-order valence-corrected chi connectivity index (χ1v) is 5.07. The van der Waals surface area contributed by atoms with Gasteiger partial charge in [0.25, 0.3) is 0 Å². The molecule has 0 heterocycles. The Kier molecular flexibility index (Phi) is 7.16. The summed E-state index contributed by atoms with van der Waals surface area (Å²) in [7, 11) is 0. The standard InChI is InChI=1S/C10H16N2O5/c1-2-6-11-10(17)12-7(9(15)16)4-3-5-8(13)14/h2,7H,1,3-6H2,(H,13,14)(H,15,16)(H2,11,12,17). The maximum Gasteiger partial charge on any atom is 0.326 e. The minimum atomic E-state index is -1.19. The van der Waals surface area contributed by atoms with Crippen LogP contribution >= 0.6 is 0 Å². The summed E-state index contributed by atoms with van der Waals surface area (Å²) in [5.41, 5.74) is 0. The second-order valence-corrected chi connectivity index (χ2v) is 3.32. The van der Waals surface area contributed by atoms with Crippen molar-refractivity contribution < 1.29 is 24.6 Å². The van der Waals surface area contributed by atoms with Gasteiger partial charge in [-0.25, -0.2) is 9.59 Å². The zero-order valence-electron chi connectivity index (χ0n) is 9.31. The highest BCUT2D eigenvalue weighted by Crippen LogP contribution is 2.01. The van der Waals surface area contributed by atoms with Crippen LogP contribution in [0.1, 0.15) is 19.3 Å². The van der Waals surface area contributed by atoms with Crippen LogP contribution in [0, 0.1) is 0 Å². The predicted octanol–water partition coefficient (Wildman–Crippen LogP) is 0.180. The van der Waals surface area contributed by atoms with Crippen molar-refractivity contribution in [1.29, 1.82) is 0 Å². The molecule has 0 radical (unpaired) electrons. The summed E-state index contributed by atoms with van der Waals surface area (Å²) in [4.78, 5) is 32.2. The molecule has 4 N–H and O–H groups in total. The van der Waals surface area contributed by atoms with Gasteiger partial charge in [0.1, 0.15) is 6.04 Å². The number of hydrogen-bond acceptors (Lipinski definition) is 3. The maximum atomic E-state index is 11.2. The Morgan fingerprint density at radius 3 is 2.41 bits per heavy atom. The van der Waals surface area contributed by atoms with E-state index in [9.17, 15) is 14.4 Å². The monoisotopic (exact) mass is 244 g/mol. The van der Waals surface area contributed by atoms with Crippen molar-refractivity contribution in [3.63, 3.8) is 0 Å². The Bertz CT molecular complexity index is 303. The third kappa shape index (κ3) is 7.83. The average Bonchev–Trinajstić information content (AvgIpc) is 2.24. The highest BCUT2D eigenvalue weighted by Gasteiger charge is 2.19. The zero-order valence-corrected chi connectivity index (χ0v) is 9.31. The summed E-state index contributed by atoms with van der Waals surface area (Å²) in [6, 6.07) is -1.70. The van der Waals surface area contributed by atoms with Gasteiger partial charge in [0.05, 0.1) is 0 Å². The van der Waals surface area contributed by atoms with Crippen LogP contribution in [0.5, 0.6) is 0 Å². The number of carbonyl (C=O) groups excluding carboxylic acids is 1. The quantitative estimate of drug-likeness (QED) is 0.454. The number of carbonyl (C=O) groups is 3. The fourth-order valence-electron chi connectivity index (χ4n) is 1.09. The number of hydrogen-bond donors (Lipinski definition) is 4. The molecule has 0 fully saturated rings. The normalized spacial score (nSPS) is 11.3. The summed E-state index contributed by atoms with van der Waals surface area (Å²) in [6.45, 7) is 3.62. The number of aliphatic carboxylic acids is 2. The summed E-state index contributed by atoms with van der Waals surface area (Å²) >= 11 is 0. The highest BCUT2D eigenvalue weighted by atomic mass is 16.4. The Balaban J connectivity index is 4.05. The lowest BCUT2D eigenvalue weighted by molar-refractivity contribution is -0.140. The smallest absolute Gasteiger partial charge is 0.326 e. The molecule has 0 bridgehead atoms. The van der Waals surface area contributed by atoms with E-state index in [4.69, 9.17) is 10.2 Å². The average molecular weight is 244 g/mol. The topological polar surface area (TPSA) is 116 Å². The molecule has 0 aromatic rings. The lowest BCUT2D eigenvalue weighted by Gasteiger charge is -2.14. The van der Waals surface area contributed by atoms with Crippen molar-refractivity contribution in [1.82, 2.24) is 10.6 Å². The molecule has 0 rings (SSSR count). The molecule has 0 aliphatic rings. The number of carboxylic acid groups (broad SMARTS) is 2. The van der Waals surface area contributed by atoms with Crippen molar-refractivity contribution in [3.8, 4) is 0 Å². The van der Waals surface area contributed by atoms with Crippen LogP contribution in [0.25, 0.3) is 0 Å². The molecule has 17 heavy (non-hydrogen) atoms. The summed E-state index contributed by atoms with van der Waals surface area (Å²) < 4.78 is 0. The summed E-state index contributed by atoms with van der Waals surface area (Å²) in [6.07, 6.45) is 1.59. The molecule has 0 aromatic heterocycles. The second-order valence-electron chi connectivity index (χ2n) is 3.32. The van der Waals surface area contributed by atoms with E-state index >= 15 is 0 Å². The molecule has 0 aliphatic carbocycles. The van der Waals surface area contributed by atoms with Crippen LogP contribution in [-0.2, 0) is 9.59 Å². The second kappa shape index (κ2) is 8.14. The molecule has 7 nitrogen and oxygen atoms in total. The van der Waals surface area contributed by atoms with E-state index in [1.807, 2.05) is 0 Å². The number of urea groups is 1. The van der Waals surface area contributed by atoms with E-state index in [-0.39, 0.29) is 25.8 Å². The highest BCUT2D eigenvalue weighted by molar-refractivity contribution is 5.82. The molecule has 96 valence electrons. The van der Waals surface area contributed by atoms with Gasteiger partial charge in [-0.15, -0.1) is 6.58 Å². The summed E-state index contributed by atoms with van der Waals surface area (Å²) in [5, 5.41) is 21.8. The fraction of sp³-hybridized carbons (Fsp3) is 0.500. The van der Waals surface area contributed by atoms with Gasteiger partial charge < -0.3 is 20.8 Å². The molecule has 1 atom stereocenters. The molecule has 0 saturated carbocycles. The van der Waals surface area contributed by atoms with Crippen molar-refractivity contribution in [2.75, 3.05) is 6.54 Å². The van der Waals surface area contributed by atoms with Crippen molar-refractivity contribution in [2.24, 2.45) is 0 Å². The predicted molar refractivity (Wildman–Crippen MR) is 59.6 cm³/mol. The Hall–Kier alpha value is -2.05. The van der Waals surface area contributed by atoms with Crippen LogP contribution in [0.15, 0.2) is 12.7 Å². The first-order chi connectivity index (χ1) is 7.97. The fourth-order valence-corrected chi connectivity index (χ4v) is 1.09. The number of carboxylic acids is 2. The lowest BCUT2D eigenvalue weighted by atomic mass is 10.1. The van der Waals surface area contributed by atoms with Gasteiger partial charge in [0.2, 0.25) is 0 Å². The van der Waals surface area contributed by atoms with E-state index < -0.39 is 24.0 Å². The van der Waals surface area contributed by atoms with Gasteiger partial charge in [-0.2, -0.15) is 0 Å².